The van der Waals surface area contributed by atoms with E-state index < -0.39 is 5.97 Å². The number of ether oxygens (including phenoxy) is 1. The molecule has 1 aromatic carbocycles. The maximum absolute atomic E-state index is 11.9. The van der Waals surface area contributed by atoms with Gasteiger partial charge >= 0.3 is 5.97 Å². The van der Waals surface area contributed by atoms with Crippen LogP contribution in [-0.2, 0) is 17.8 Å². The summed E-state index contributed by atoms with van der Waals surface area (Å²) < 4.78 is 7.74. The van der Waals surface area contributed by atoms with Crippen LogP contribution < -0.4 is 5.32 Å². The Kier molecular flexibility index (Phi) is 5.79. The number of carbonyl (C=O) groups is 1. The Balaban J connectivity index is 1.80. The lowest BCUT2D eigenvalue weighted by Crippen LogP contribution is -2.26. The third-order valence-electron chi connectivity index (χ3n) is 5.28. The summed E-state index contributed by atoms with van der Waals surface area (Å²) >= 11 is 0. The molecule has 5 nitrogen and oxygen atoms in total. The largest absolute Gasteiger partial charge is 0.478 e. The average molecular weight is 356 g/mol. The third-order valence-corrected chi connectivity index (χ3v) is 5.28. The molecular weight excluding hydrogens is 328 g/mol. The van der Waals surface area contributed by atoms with Crippen molar-refractivity contribution in [3.05, 3.63) is 57.9 Å². The van der Waals surface area contributed by atoms with Gasteiger partial charge in [-0.05, 0) is 39.2 Å². The molecule has 0 bridgehead atoms. The zero-order valence-corrected chi connectivity index (χ0v) is 15.8. The van der Waals surface area contributed by atoms with Gasteiger partial charge in [0.25, 0.3) is 0 Å². The highest BCUT2D eigenvalue weighted by molar-refractivity contribution is 5.91. The number of carboxylic acid groups (broad SMARTS) is 1. The normalized spacial score (nSPS) is 17.0. The Morgan fingerprint density at radius 3 is 2.58 bits per heavy atom. The first-order valence-electron chi connectivity index (χ1n) is 9.27. The predicted molar refractivity (Wildman–Crippen MR) is 102 cm³/mol. The van der Waals surface area contributed by atoms with Crippen LogP contribution in [0.25, 0.3) is 0 Å². The van der Waals surface area contributed by atoms with E-state index in [1.54, 1.807) is 0 Å². The molecular formula is C21H28N2O3. The molecule has 1 aromatic heterocycles. The molecule has 1 fully saturated rings. The molecule has 26 heavy (non-hydrogen) atoms. The van der Waals surface area contributed by atoms with Crippen LogP contribution in [0.4, 0.5) is 0 Å². The minimum absolute atomic E-state index is 0.249. The second-order valence-corrected chi connectivity index (χ2v) is 7.17. The number of aromatic nitrogens is 1. The number of carboxylic acids is 1. The Bertz CT molecular complexity index is 772. The number of hydrogen-bond donors (Lipinski definition) is 2. The molecule has 1 unspecified atom stereocenters. The number of nitrogens with zero attached hydrogens (tertiary/aromatic N) is 1. The van der Waals surface area contributed by atoms with Gasteiger partial charge in [0.15, 0.2) is 0 Å². The van der Waals surface area contributed by atoms with Gasteiger partial charge in [0, 0.05) is 43.2 Å². The first-order chi connectivity index (χ1) is 12.5. The minimum Gasteiger partial charge on any atom is -0.478 e. The van der Waals surface area contributed by atoms with E-state index >= 15 is 0 Å². The molecule has 0 aliphatic carbocycles. The summed E-state index contributed by atoms with van der Waals surface area (Å²) in [4.78, 5) is 11.9. The summed E-state index contributed by atoms with van der Waals surface area (Å²) in [6, 6.07) is 8.38. The van der Waals surface area contributed by atoms with Crippen molar-refractivity contribution in [3.8, 4) is 0 Å². The first kappa shape index (κ1) is 18.7. The van der Waals surface area contributed by atoms with Crippen LogP contribution in [0.3, 0.4) is 0 Å². The highest BCUT2D eigenvalue weighted by Gasteiger charge is 2.23. The molecule has 2 N–H and O–H groups in total. The van der Waals surface area contributed by atoms with Crippen molar-refractivity contribution >= 4 is 5.97 Å². The van der Waals surface area contributed by atoms with E-state index in [4.69, 9.17) is 4.74 Å². The Morgan fingerprint density at radius 1 is 1.23 bits per heavy atom. The predicted octanol–water partition coefficient (Wildman–Crippen LogP) is 3.43. The summed E-state index contributed by atoms with van der Waals surface area (Å²) in [5.74, 6) is -0.859. The van der Waals surface area contributed by atoms with Gasteiger partial charge in [0.05, 0.1) is 11.7 Å². The van der Waals surface area contributed by atoms with Crippen molar-refractivity contribution in [3.63, 3.8) is 0 Å². The minimum atomic E-state index is -0.859. The van der Waals surface area contributed by atoms with Gasteiger partial charge in [0.2, 0.25) is 0 Å². The van der Waals surface area contributed by atoms with E-state index in [0.29, 0.717) is 18.7 Å². The maximum atomic E-state index is 11.9. The van der Waals surface area contributed by atoms with Crippen LogP contribution in [0.15, 0.2) is 24.3 Å². The van der Waals surface area contributed by atoms with Crippen molar-refractivity contribution in [2.75, 3.05) is 13.2 Å². The molecule has 0 amide bonds. The summed E-state index contributed by atoms with van der Waals surface area (Å²) in [7, 11) is 0. The fourth-order valence-electron chi connectivity index (χ4n) is 3.73. The third kappa shape index (κ3) is 4.00. The molecule has 0 spiro atoms. The molecule has 1 atom stereocenters. The average Bonchev–Trinajstić information content (AvgIpc) is 3.19. The van der Waals surface area contributed by atoms with Gasteiger partial charge in [-0.1, -0.05) is 29.8 Å². The summed E-state index contributed by atoms with van der Waals surface area (Å²) in [6.45, 7) is 8.80. The van der Waals surface area contributed by atoms with Crippen molar-refractivity contribution < 1.29 is 14.6 Å². The quantitative estimate of drug-likeness (QED) is 0.798. The summed E-state index contributed by atoms with van der Waals surface area (Å²) in [6.07, 6.45) is 2.43. The van der Waals surface area contributed by atoms with E-state index in [2.05, 4.69) is 41.1 Å². The molecule has 2 aromatic rings. The van der Waals surface area contributed by atoms with Crippen LogP contribution in [0.1, 0.15) is 51.3 Å². The number of nitrogens with one attached hydrogen (secondary N) is 1. The van der Waals surface area contributed by atoms with E-state index in [0.717, 1.165) is 42.9 Å². The standard InChI is InChI=1S/C21H28N2O3/c1-14-6-8-17(9-7-14)13-23-15(2)19(20(16(23)3)21(24)25)12-22-11-18-5-4-10-26-18/h6-9,18,22H,4-5,10-13H2,1-3H3,(H,24,25). The summed E-state index contributed by atoms with van der Waals surface area (Å²) in [5, 5.41) is 13.1. The van der Waals surface area contributed by atoms with E-state index in [9.17, 15) is 9.90 Å². The van der Waals surface area contributed by atoms with Crippen molar-refractivity contribution in [1.29, 1.82) is 0 Å². The highest BCUT2D eigenvalue weighted by atomic mass is 16.5. The van der Waals surface area contributed by atoms with E-state index in [1.807, 2.05) is 13.8 Å². The molecule has 5 heteroatoms. The lowest BCUT2D eigenvalue weighted by atomic mass is 10.1. The van der Waals surface area contributed by atoms with E-state index in [1.165, 1.54) is 11.1 Å². The number of rotatable bonds is 7. The number of benzene rings is 1. The molecule has 0 saturated carbocycles. The molecule has 1 aliphatic rings. The van der Waals surface area contributed by atoms with Crippen molar-refractivity contribution in [1.82, 2.24) is 9.88 Å². The van der Waals surface area contributed by atoms with Crippen LogP contribution in [0, 0.1) is 20.8 Å². The molecule has 2 heterocycles. The smallest absolute Gasteiger partial charge is 0.337 e. The molecule has 1 saturated heterocycles. The zero-order valence-electron chi connectivity index (χ0n) is 15.8. The summed E-state index contributed by atoms with van der Waals surface area (Å²) in [5.41, 5.74) is 5.52. The Hall–Kier alpha value is -2.11. The Morgan fingerprint density at radius 2 is 1.96 bits per heavy atom. The van der Waals surface area contributed by atoms with E-state index in [-0.39, 0.29) is 6.10 Å². The van der Waals surface area contributed by atoms with Crippen LogP contribution in [0.5, 0.6) is 0 Å². The van der Waals surface area contributed by atoms with Gasteiger partial charge in [-0.15, -0.1) is 0 Å². The first-order valence-corrected chi connectivity index (χ1v) is 9.27. The van der Waals surface area contributed by atoms with Crippen LogP contribution >= 0.6 is 0 Å². The molecule has 3 rings (SSSR count). The van der Waals surface area contributed by atoms with Gasteiger partial charge in [-0.2, -0.15) is 0 Å². The molecule has 140 valence electrons. The Labute approximate surface area is 155 Å². The topological polar surface area (TPSA) is 63.5 Å². The highest BCUT2D eigenvalue weighted by Crippen LogP contribution is 2.24. The second kappa shape index (κ2) is 8.06. The fraction of sp³-hybridized carbons (Fsp3) is 0.476. The van der Waals surface area contributed by atoms with Gasteiger partial charge in [-0.25, -0.2) is 4.79 Å². The van der Waals surface area contributed by atoms with Gasteiger partial charge in [-0.3, -0.25) is 0 Å². The lowest BCUT2D eigenvalue weighted by molar-refractivity contribution is 0.0694. The fourth-order valence-corrected chi connectivity index (χ4v) is 3.73. The van der Waals surface area contributed by atoms with Crippen molar-refractivity contribution in [2.45, 2.75) is 52.8 Å². The van der Waals surface area contributed by atoms with Crippen molar-refractivity contribution in [2.24, 2.45) is 0 Å². The number of hydrogen-bond acceptors (Lipinski definition) is 3. The molecule has 1 aliphatic heterocycles. The second-order valence-electron chi connectivity index (χ2n) is 7.17. The van der Waals surface area contributed by atoms with Gasteiger partial charge < -0.3 is 19.7 Å². The van der Waals surface area contributed by atoms with Gasteiger partial charge in [0.1, 0.15) is 0 Å². The molecule has 0 radical (unpaired) electrons. The SMILES string of the molecule is Cc1ccc(Cn2c(C)c(CNCC3CCCO3)c(C(=O)O)c2C)cc1. The number of aryl methyl sites for hydroxylation is 1. The zero-order chi connectivity index (χ0) is 18.7. The maximum Gasteiger partial charge on any atom is 0.337 e. The number of aromatic carboxylic acids is 1. The van der Waals surface area contributed by atoms with Crippen LogP contribution in [-0.4, -0.2) is 34.9 Å². The van der Waals surface area contributed by atoms with Crippen LogP contribution in [0.2, 0.25) is 0 Å². The lowest BCUT2D eigenvalue weighted by Gasteiger charge is -2.12. The monoisotopic (exact) mass is 356 g/mol.